The van der Waals surface area contributed by atoms with E-state index in [9.17, 15) is 9.18 Å². The first-order valence-electron chi connectivity index (χ1n) is 4.12. The Hall–Kier alpha value is -1.75. The van der Waals surface area contributed by atoms with Crippen molar-refractivity contribution in [3.63, 3.8) is 0 Å². The minimum absolute atomic E-state index is 0.131. The van der Waals surface area contributed by atoms with Gasteiger partial charge in [-0.15, -0.1) is 0 Å². The van der Waals surface area contributed by atoms with Crippen LogP contribution in [0, 0.1) is 5.13 Å². The van der Waals surface area contributed by atoms with Gasteiger partial charge in [-0.1, -0.05) is 29.5 Å². The zero-order valence-electron chi connectivity index (χ0n) is 7.48. The summed E-state index contributed by atoms with van der Waals surface area (Å²) in [5.41, 5.74) is 0.575. The topological polar surface area (TPSA) is 50.2 Å². The minimum Gasteiger partial charge on any atom is -0.478 e. The summed E-state index contributed by atoms with van der Waals surface area (Å²) in [6.45, 7) is 0. The monoisotopic (exact) mass is 223 g/mol. The summed E-state index contributed by atoms with van der Waals surface area (Å²) in [6, 6.07) is 6.40. The van der Waals surface area contributed by atoms with E-state index in [0.717, 1.165) is 17.5 Å². The Bertz CT molecular complexity index is 510. The van der Waals surface area contributed by atoms with E-state index in [4.69, 9.17) is 5.11 Å². The van der Waals surface area contributed by atoms with Gasteiger partial charge >= 0.3 is 5.97 Å². The molecule has 0 saturated heterocycles. The van der Waals surface area contributed by atoms with Gasteiger partial charge in [-0.3, -0.25) is 0 Å². The van der Waals surface area contributed by atoms with Crippen molar-refractivity contribution in [1.82, 2.24) is 4.98 Å². The number of halogens is 1. The lowest BCUT2D eigenvalue weighted by Gasteiger charge is -2.00. The fourth-order valence-electron chi connectivity index (χ4n) is 1.24. The van der Waals surface area contributed by atoms with E-state index in [1.165, 1.54) is 6.07 Å². The molecule has 0 unspecified atom stereocenters. The van der Waals surface area contributed by atoms with Crippen molar-refractivity contribution >= 4 is 17.3 Å². The summed E-state index contributed by atoms with van der Waals surface area (Å²) in [6.07, 6.45) is 1.08. The molecule has 2 aromatic rings. The molecule has 2 rings (SSSR count). The zero-order chi connectivity index (χ0) is 10.8. The molecular formula is C10H6FNO2S. The van der Waals surface area contributed by atoms with E-state index >= 15 is 0 Å². The molecule has 0 bridgehead atoms. The van der Waals surface area contributed by atoms with Crippen LogP contribution >= 0.6 is 11.3 Å². The van der Waals surface area contributed by atoms with Crippen molar-refractivity contribution in [3.8, 4) is 10.6 Å². The van der Waals surface area contributed by atoms with Gasteiger partial charge in [0.25, 0.3) is 0 Å². The van der Waals surface area contributed by atoms with Gasteiger partial charge < -0.3 is 5.11 Å². The highest BCUT2D eigenvalue weighted by molar-refractivity contribution is 7.13. The van der Waals surface area contributed by atoms with Crippen molar-refractivity contribution in [3.05, 3.63) is 41.2 Å². The predicted octanol–water partition coefficient (Wildman–Crippen LogP) is 2.65. The second-order valence-corrected chi connectivity index (χ2v) is 3.80. The average molecular weight is 223 g/mol. The summed E-state index contributed by atoms with van der Waals surface area (Å²) in [4.78, 5) is 14.7. The van der Waals surface area contributed by atoms with E-state index in [0.29, 0.717) is 10.6 Å². The van der Waals surface area contributed by atoms with Gasteiger partial charge in [0.2, 0.25) is 0 Å². The Morgan fingerprint density at radius 2 is 2.13 bits per heavy atom. The van der Waals surface area contributed by atoms with Crippen LogP contribution < -0.4 is 0 Å². The number of carboxylic acid groups (broad SMARTS) is 1. The standard InChI is InChI=1S/C10H6FNO2S/c11-8-5-12-9(15-8)6-3-1-2-4-7(6)10(13)14/h1-5H,(H,13,14). The lowest BCUT2D eigenvalue weighted by Crippen LogP contribution is -1.98. The van der Waals surface area contributed by atoms with Crippen LogP contribution in [0.3, 0.4) is 0 Å². The largest absolute Gasteiger partial charge is 0.478 e. The number of nitrogens with zero attached hydrogens (tertiary/aromatic N) is 1. The number of carboxylic acids is 1. The van der Waals surface area contributed by atoms with Crippen LogP contribution in [0.2, 0.25) is 0 Å². The number of aromatic nitrogens is 1. The molecule has 0 atom stereocenters. The molecule has 1 N–H and O–H groups in total. The maximum absolute atomic E-state index is 12.8. The van der Waals surface area contributed by atoms with Crippen LogP contribution in [-0.2, 0) is 0 Å². The summed E-state index contributed by atoms with van der Waals surface area (Å²) in [7, 11) is 0. The molecule has 0 radical (unpaired) electrons. The summed E-state index contributed by atoms with van der Waals surface area (Å²) < 4.78 is 12.8. The first-order valence-corrected chi connectivity index (χ1v) is 4.94. The van der Waals surface area contributed by atoms with Gasteiger partial charge in [0, 0.05) is 5.56 Å². The summed E-state index contributed by atoms with van der Waals surface area (Å²) in [5, 5.41) is 8.87. The van der Waals surface area contributed by atoms with E-state index in [1.807, 2.05) is 0 Å². The molecule has 5 heteroatoms. The molecular weight excluding hydrogens is 217 g/mol. The SMILES string of the molecule is O=C(O)c1ccccc1-c1ncc(F)s1. The van der Waals surface area contributed by atoms with E-state index in [2.05, 4.69) is 4.98 Å². The van der Waals surface area contributed by atoms with Gasteiger partial charge in [-0.05, 0) is 6.07 Å². The molecule has 1 aromatic carbocycles. The van der Waals surface area contributed by atoms with E-state index in [1.54, 1.807) is 18.2 Å². The van der Waals surface area contributed by atoms with Crippen LogP contribution in [0.5, 0.6) is 0 Å². The smallest absolute Gasteiger partial charge is 0.336 e. The maximum atomic E-state index is 12.8. The van der Waals surface area contributed by atoms with Crippen molar-refractivity contribution in [2.24, 2.45) is 0 Å². The van der Waals surface area contributed by atoms with Crippen molar-refractivity contribution in [2.75, 3.05) is 0 Å². The lowest BCUT2D eigenvalue weighted by atomic mass is 10.1. The van der Waals surface area contributed by atoms with Gasteiger partial charge in [0.15, 0.2) is 5.13 Å². The van der Waals surface area contributed by atoms with Gasteiger partial charge in [0.1, 0.15) is 5.01 Å². The van der Waals surface area contributed by atoms with Crippen molar-refractivity contribution < 1.29 is 14.3 Å². The fourth-order valence-corrected chi connectivity index (χ4v) is 1.92. The third kappa shape index (κ3) is 1.87. The molecule has 3 nitrogen and oxygen atoms in total. The molecule has 0 aliphatic carbocycles. The highest BCUT2D eigenvalue weighted by atomic mass is 32.1. The first-order chi connectivity index (χ1) is 7.18. The van der Waals surface area contributed by atoms with Crippen molar-refractivity contribution in [1.29, 1.82) is 0 Å². The molecule has 0 saturated carbocycles. The van der Waals surface area contributed by atoms with Gasteiger partial charge in [-0.25, -0.2) is 9.78 Å². The first kappa shape index (κ1) is 9.79. The molecule has 76 valence electrons. The van der Waals surface area contributed by atoms with Crippen LogP contribution in [0.25, 0.3) is 10.6 Å². The summed E-state index contributed by atoms with van der Waals surface area (Å²) in [5.74, 6) is -1.04. The molecule has 0 aliphatic rings. The van der Waals surface area contributed by atoms with Gasteiger partial charge in [-0.2, -0.15) is 4.39 Å². The molecule has 1 heterocycles. The molecule has 1 aromatic heterocycles. The quantitative estimate of drug-likeness (QED) is 0.851. The molecule has 0 aliphatic heterocycles. The molecule has 0 amide bonds. The fraction of sp³-hybridized carbons (Fsp3) is 0. The van der Waals surface area contributed by atoms with Crippen molar-refractivity contribution in [2.45, 2.75) is 0 Å². The highest BCUT2D eigenvalue weighted by Gasteiger charge is 2.13. The maximum Gasteiger partial charge on any atom is 0.336 e. The van der Waals surface area contributed by atoms with Crippen LogP contribution in [0.4, 0.5) is 4.39 Å². The third-order valence-electron chi connectivity index (χ3n) is 1.87. The zero-order valence-corrected chi connectivity index (χ0v) is 8.29. The molecule has 0 spiro atoms. The van der Waals surface area contributed by atoms with Crippen LogP contribution in [0.15, 0.2) is 30.5 Å². The predicted molar refractivity (Wildman–Crippen MR) is 54.5 cm³/mol. The lowest BCUT2D eigenvalue weighted by molar-refractivity contribution is 0.0697. The Balaban J connectivity index is 2.57. The number of hydrogen-bond donors (Lipinski definition) is 1. The number of hydrogen-bond acceptors (Lipinski definition) is 3. The van der Waals surface area contributed by atoms with E-state index in [-0.39, 0.29) is 5.56 Å². The average Bonchev–Trinajstić information content (AvgIpc) is 2.65. The second kappa shape index (κ2) is 3.78. The number of aromatic carboxylic acids is 1. The van der Waals surface area contributed by atoms with Crippen LogP contribution in [0.1, 0.15) is 10.4 Å². The van der Waals surface area contributed by atoms with E-state index < -0.39 is 11.1 Å². The second-order valence-electron chi connectivity index (χ2n) is 2.82. The normalized spacial score (nSPS) is 10.2. The Kier molecular flexibility index (Phi) is 2.47. The van der Waals surface area contributed by atoms with Gasteiger partial charge in [0.05, 0.1) is 11.8 Å². The minimum atomic E-state index is -1.04. The Morgan fingerprint density at radius 3 is 2.73 bits per heavy atom. The van der Waals surface area contributed by atoms with Crippen LogP contribution in [-0.4, -0.2) is 16.1 Å². The Labute approximate surface area is 88.8 Å². The molecule has 15 heavy (non-hydrogen) atoms. The number of carbonyl (C=O) groups is 1. The number of thiazole rings is 1. The highest BCUT2D eigenvalue weighted by Crippen LogP contribution is 2.27. The Morgan fingerprint density at radius 1 is 1.40 bits per heavy atom. The summed E-state index contributed by atoms with van der Waals surface area (Å²) >= 11 is 0.831. The number of rotatable bonds is 2. The molecule has 0 fully saturated rings. The third-order valence-corrected chi connectivity index (χ3v) is 2.68. The number of benzene rings is 1.